The lowest BCUT2D eigenvalue weighted by Crippen LogP contribution is -2.29. The van der Waals surface area contributed by atoms with E-state index in [4.69, 9.17) is 0 Å². The Hall–Kier alpha value is -2.48. The standard InChI is InChI=1S/C20H20N2O3S2/c1-22(2)27(24,25)17-11-6-10-16(14-17)20(23)21-19(18-12-7-13-26-18)15-8-4-3-5-9-15/h3-14,19H,1-2H3,(H,21,23)/t19-/m0/s1. The number of benzene rings is 2. The Morgan fingerprint density at radius 3 is 2.37 bits per heavy atom. The third-order valence-corrected chi connectivity index (χ3v) is 6.86. The highest BCUT2D eigenvalue weighted by atomic mass is 32.2. The van der Waals surface area contributed by atoms with E-state index in [2.05, 4.69) is 5.32 Å². The van der Waals surface area contributed by atoms with Gasteiger partial charge in [0, 0.05) is 24.5 Å². The number of carbonyl (C=O) groups excluding carboxylic acids is 1. The van der Waals surface area contributed by atoms with Crippen LogP contribution in [0.3, 0.4) is 0 Å². The highest BCUT2D eigenvalue weighted by Gasteiger charge is 2.21. The van der Waals surface area contributed by atoms with E-state index in [1.165, 1.54) is 26.2 Å². The summed E-state index contributed by atoms with van der Waals surface area (Å²) in [4.78, 5) is 14.0. The second-order valence-corrected chi connectivity index (χ2v) is 9.28. The largest absolute Gasteiger partial charge is 0.340 e. The molecular formula is C20H20N2O3S2. The Balaban J connectivity index is 1.91. The summed E-state index contributed by atoms with van der Waals surface area (Å²) in [6, 6.07) is 19.4. The minimum atomic E-state index is -3.60. The average Bonchev–Trinajstić information content (AvgIpc) is 3.21. The highest BCUT2D eigenvalue weighted by molar-refractivity contribution is 7.89. The zero-order valence-electron chi connectivity index (χ0n) is 15.0. The maximum atomic E-state index is 12.9. The molecule has 27 heavy (non-hydrogen) atoms. The van der Waals surface area contributed by atoms with Gasteiger partial charge in [-0.3, -0.25) is 4.79 Å². The molecule has 7 heteroatoms. The molecule has 1 atom stereocenters. The van der Waals surface area contributed by atoms with Crippen molar-refractivity contribution in [2.24, 2.45) is 0 Å². The van der Waals surface area contributed by atoms with Crippen LogP contribution >= 0.6 is 11.3 Å². The first kappa shape index (κ1) is 19.3. The molecule has 3 aromatic rings. The molecule has 0 aliphatic heterocycles. The first-order valence-electron chi connectivity index (χ1n) is 8.31. The number of amides is 1. The van der Waals surface area contributed by atoms with E-state index in [0.29, 0.717) is 5.56 Å². The number of carbonyl (C=O) groups is 1. The Morgan fingerprint density at radius 2 is 1.74 bits per heavy atom. The van der Waals surface area contributed by atoms with Crippen LogP contribution in [-0.4, -0.2) is 32.7 Å². The molecule has 0 bridgehead atoms. The van der Waals surface area contributed by atoms with E-state index in [1.54, 1.807) is 23.5 Å². The predicted molar refractivity (Wildman–Crippen MR) is 107 cm³/mol. The van der Waals surface area contributed by atoms with Crippen molar-refractivity contribution in [3.05, 3.63) is 88.1 Å². The Morgan fingerprint density at radius 1 is 1.00 bits per heavy atom. The summed E-state index contributed by atoms with van der Waals surface area (Å²) in [6.07, 6.45) is 0. The summed E-state index contributed by atoms with van der Waals surface area (Å²) in [5.41, 5.74) is 1.26. The highest BCUT2D eigenvalue weighted by Crippen LogP contribution is 2.26. The first-order valence-corrected chi connectivity index (χ1v) is 10.6. The molecule has 0 radical (unpaired) electrons. The van der Waals surface area contributed by atoms with Crippen LogP contribution in [0.5, 0.6) is 0 Å². The Bertz CT molecular complexity index is 1010. The Kier molecular flexibility index (Phi) is 5.74. The van der Waals surface area contributed by atoms with Gasteiger partial charge in [0.05, 0.1) is 10.9 Å². The molecule has 2 aromatic carbocycles. The van der Waals surface area contributed by atoms with Gasteiger partial charge in [0.1, 0.15) is 0 Å². The molecule has 0 spiro atoms. The van der Waals surface area contributed by atoms with Crippen molar-refractivity contribution >= 4 is 27.3 Å². The van der Waals surface area contributed by atoms with Crippen molar-refractivity contribution in [1.29, 1.82) is 0 Å². The van der Waals surface area contributed by atoms with Gasteiger partial charge in [0.25, 0.3) is 5.91 Å². The van der Waals surface area contributed by atoms with E-state index in [1.807, 2.05) is 47.8 Å². The van der Waals surface area contributed by atoms with Crippen LogP contribution in [0.4, 0.5) is 0 Å². The van der Waals surface area contributed by atoms with Crippen molar-refractivity contribution in [3.8, 4) is 0 Å². The summed E-state index contributed by atoms with van der Waals surface area (Å²) in [5.74, 6) is -0.326. The van der Waals surface area contributed by atoms with Crippen LogP contribution in [0, 0.1) is 0 Å². The molecular weight excluding hydrogens is 380 g/mol. The van der Waals surface area contributed by atoms with Crippen molar-refractivity contribution < 1.29 is 13.2 Å². The number of nitrogens with one attached hydrogen (secondary N) is 1. The molecule has 5 nitrogen and oxygen atoms in total. The summed E-state index contributed by atoms with van der Waals surface area (Å²) >= 11 is 1.56. The van der Waals surface area contributed by atoms with Gasteiger partial charge in [-0.05, 0) is 35.2 Å². The molecule has 1 amide bonds. The number of hydrogen-bond donors (Lipinski definition) is 1. The summed E-state index contributed by atoms with van der Waals surface area (Å²) < 4.78 is 25.8. The number of nitrogens with zero attached hydrogens (tertiary/aromatic N) is 1. The van der Waals surface area contributed by atoms with E-state index in [-0.39, 0.29) is 16.8 Å². The smallest absolute Gasteiger partial charge is 0.252 e. The van der Waals surface area contributed by atoms with Crippen molar-refractivity contribution in [3.63, 3.8) is 0 Å². The van der Waals surface area contributed by atoms with Gasteiger partial charge in [-0.15, -0.1) is 11.3 Å². The van der Waals surface area contributed by atoms with E-state index < -0.39 is 10.0 Å². The summed E-state index contributed by atoms with van der Waals surface area (Å²) in [5, 5.41) is 4.98. The van der Waals surface area contributed by atoms with Gasteiger partial charge in [-0.1, -0.05) is 42.5 Å². The normalized spacial score (nSPS) is 12.7. The number of rotatable bonds is 6. The van der Waals surface area contributed by atoms with E-state index >= 15 is 0 Å². The maximum Gasteiger partial charge on any atom is 0.252 e. The molecule has 0 saturated carbocycles. The average molecular weight is 401 g/mol. The zero-order valence-corrected chi connectivity index (χ0v) is 16.6. The molecule has 1 heterocycles. The summed E-state index contributed by atoms with van der Waals surface area (Å²) in [7, 11) is -0.676. The van der Waals surface area contributed by atoms with Crippen LogP contribution < -0.4 is 5.32 Å². The van der Waals surface area contributed by atoms with Crippen LogP contribution in [0.1, 0.15) is 26.8 Å². The van der Waals surface area contributed by atoms with Gasteiger partial charge in [0.2, 0.25) is 10.0 Å². The van der Waals surface area contributed by atoms with Gasteiger partial charge < -0.3 is 5.32 Å². The monoisotopic (exact) mass is 400 g/mol. The molecule has 0 fully saturated rings. The number of thiophene rings is 1. The fraction of sp³-hybridized carbons (Fsp3) is 0.150. The molecule has 140 valence electrons. The molecule has 1 N–H and O–H groups in total. The van der Waals surface area contributed by atoms with E-state index in [0.717, 1.165) is 14.7 Å². The lowest BCUT2D eigenvalue weighted by molar-refractivity contribution is 0.0943. The van der Waals surface area contributed by atoms with Crippen LogP contribution in [0.15, 0.2) is 77.0 Å². The molecule has 0 unspecified atom stereocenters. The van der Waals surface area contributed by atoms with Gasteiger partial charge in [-0.25, -0.2) is 12.7 Å². The number of sulfonamides is 1. The third kappa shape index (κ3) is 4.27. The van der Waals surface area contributed by atoms with Crippen LogP contribution in [0.25, 0.3) is 0 Å². The summed E-state index contributed by atoms with van der Waals surface area (Å²) in [6.45, 7) is 0. The SMILES string of the molecule is CN(C)S(=O)(=O)c1cccc(C(=O)N[C@@H](c2ccccc2)c2cccs2)c1. The predicted octanol–water partition coefficient (Wildman–Crippen LogP) is 3.52. The molecule has 3 rings (SSSR count). The first-order chi connectivity index (χ1) is 12.9. The van der Waals surface area contributed by atoms with Crippen molar-refractivity contribution in [1.82, 2.24) is 9.62 Å². The number of hydrogen-bond acceptors (Lipinski definition) is 4. The minimum Gasteiger partial charge on any atom is -0.340 e. The molecule has 0 aliphatic carbocycles. The Labute approximate surface area is 163 Å². The molecule has 0 aliphatic rings. The van der Waals surface area contributed by atoms with Gasteiger partial charge in [-0.2, -0.15) is 0 Å². The van der Waals surface area contributed by atoms with Gasteiger partial charge >= 0.3 is 0 Å². The second-order valence-electron chi connectivity index (χ2n) is 6.15. The van der Waals surface area contributed by atoms with E-state index in [9.17, 15) is 13.2 Å². The topological polar surface area (TPSA) is 66.5 Å². The molecule has 0 saturated heterocycles. The van der Waals surface area contributed by atoms with Crippen molar-refractivity contribution in [2.45, 2.75) is 10.9 Å². The maximum absolute atomic E-state index is 12.9. The zero-order chi connectivity index (χ0) is 19.4. The lowest BCUT2D eigenvalue weighted by atomic mass is 10.0. The van der Waals surface area contributed by atoms with Crippen molar-refractivity contribution in [2.75, 3.05) is 14.1 Å². The fourth-order valence-electron chi connectivity index (χ4n) is 2.64. The lowest BCUT2D eigenvalue weighted by Gasteiger charge is -2.18. The third-order valence-electron chi connectivity index (χ3n) is 4.11. The minimum absolute atomic E-state index is 0.0903. The second kappa shape index (κ2) is 8.04. The van der Waals surface area contributed by atoms with Crippen LogP contribution in [-0.2, 0) is 10.0 Å². The molecule has 1 aromatic heterocycles. The van der Waals surface area contributed by atoms with Gasteiger partial charge in [0.15, 0.2) is 0 Å². The van der Waals surface area contributed by atoms with Crippen LogP contribution in [0.2, 0.25) is 0 Å². The quantitative estimate of drug-likeness (QED) is 0.688. The fourth-order valence-corrected chi connectivity index (χ4v) is 4.39.